The van der Waals surface area contributed by atoms with Crippen molar-refractivity contribution >= 4 is 11.5 Å². The van der Waals surface area contributed by atoms with Crippen LogP contribution in [0.25, 0.3) is 5.57 Å². The molecule has 2 rings (SSSR count). The molecule has 1 aromatic rings. The molecule has 1 N–H and O–H groups in total. The molecule has 0 saturated carbocycles. The molecule has 120 valence electrons. The van der Waals surface area contributed by atoms with Gasteiger partial charge in [-0.05, 0) is 30.5 Å². The van der Waals surface area contributed by atoms with Crippen LogP contribution >= 0.6 is 0 Å². The minimum Gasteiger partial charge on any atom is -0.381 e. The molecule has 22 heavy (non-hydrogen) atoms. The van der Waals surface area contributed by atoms with E-state index in [1.165, 1.54) is 31.2 Å². The molecule has 1 aromatic carbocycles. The molecule has 0 unspecified atom stereocenters. The molecule has 6 heteroatoms. The molecular weight excluding hydrogens is 295 g/mol. The first-order chi connectivity index (χ1) is 10.4. The van der Waals surface area contributed by atoms with Crippen molar-refractivity contribution in [3.63, 3.8) is 0 Å². The lowest BCUT2D eigenvalue weighted by molar-refractivity contribution is -0.137. The molecule has 1 saturated heterocycles. The Morgan fingerprint density at radius 1 is 1.41 bits per heavy atom. The van der Waals surface area contributed by atoms with Crippen molar-refractivity contribution in [3.8, 4) is 0 Å². The number of nitrogens with one attached hydrogen (secondary N) is 1. The Morgan fingerprint density at radius 2 is 2.14 bits per heavy atom. The quantitative estimate of drug-likeness (QED) is 0.867. The van der Waals surface area contributed by atoms with E-state index in [1.54, 1.807) is 0 Å². The van der Waals surface area contributed by atoms with E-state index in [0.29, 0.717) is 19.8 Å². The number of amides is 1. The summed E-state index contributed by atoms with van der Waals surface area (Å²) in [5.74, 6) is -0.110. The highest BCUT2D eigenvalue weighted by atomic mass is 19.4. The lowest BCUT2D eigenvalue weighted by atomic mass is 10.00. The van der Waals surface area contributed by atoms with Crippen molar-refractivity contribution < 1.29 is 22.7 Å². The molecule has 1 heterocycles. The van der Waals surface area contributed by atoms with Crippen LogP contribution in [-0.2, 0) is 15.7 Å². The van der Waals surface area contributed by atoms with E-state index >= 15 is 0 Å². The summed E-state index contributed by atoms with van der Waals surface area (Å²) in [5, 5.41) is 2.71. The van der Waals surface area contributed by atoms with Crippen LogP contribution in [0.2, 0.25) is 0 Å². The van der Waals surface area contributed by atoms with Crippen LogP contribution in [0, 0.1) is 5.92 Å². The minimum absolute atomic E-state index is 0.0225. The number of alkyl halides is 3. The van der Waals surface area contributed by atoms with Gasteiger partial charge in [-0.1, -0.05) is 18.2 Å². The van der Waals surface area contributed by atoms with Crippen LogP contribution in [0.4, 0.5) is 13.2 Å². The minimum atomic E-state index is -4.44. The summed E-state index contributed by atoms with van der Waals surface area (Å²) in [5.41, 5.74) is -0.428. The maximum Gasteiger partial charge on any atom is 0.416 e. The summed E-state index contributed by atoms with van der Waals surface area (Å²) in [6, 6.07) is 5.24. The van der Waals surface area contributed by atoms with Crippen molar-refractivity contribution in [2.45, 2.75) is 19.5 Å². The highest BCUT2D eigenvalue weighted by Gasteiger charge is 2.33. The summed E-state index contributed by atoms with van der Waals surface area (Å²) in [7, 11) is 0. The fourth-order valence-electron chi connectivity index (χ4n) is 2.39. The average molecular weight is 313 g/mol. The van der Waals surface area contributed by atoms with Crippen LogP contribution in [0.1, 0.15) is 24.5 Å². The largest absolute Gasteiger partial charge is 0.416 e. The standard InChI is InChI=1S/C16H18F3NO2/c1-11(8-15(21)20-9-12-6-7-22-10-12)13-4-2-3-5-14(13)16(17,18)19/h2-5,8,12H,6-7,9-10H2,1H3,(H,20,21)/b11-8-/t12-/m1/s1. The Morgan fingerprint density at radius 3 is 2.77 bits per heavy atom. The Labute approximate surface area is 127 Å². The third-order valence-corrected chi connectivity index (χ3v) is 3.59. The first kappa shape index (κ1) is 16.5. The monoisotopic (exact) mass is 313 g/mol. The second kappa shape index (κ2) is 6.96. The van der Waals surface area contributed by atoms with Crippen molar-refractivity contribution in [1.29, 1.82) is 0 Å². The fraction of sp³-hybridized carbons (Fsp3) is 0.438. The van der Waals surface area contributed by atoms with Gasteiger partial charge in [0.1, 0.15) is 0 Å². The van der Waals surface area contributed by atoms with Crippen LogP contribution in [0.5, 0.6) is 0 Å². The molecule has 0 aromatic heterocycles. The predicted octanol–water partition coefficient (Wildman–Crippen LogP) is 3.26. The lowest BCUT2D eigenvalue weighted by Crippen LogP contribution is -2.28. The van der Waals surface area contributed by atoms with Gasteiger partial charge in [-0.15, -0.1) is 0 Å². The molecule has 1 aliphatic rings. The zero-order valence-electron chi connectivity index (χ0n) is 12.2. The van der Waals surface area contributed by atoms with Crippen molar-refractivity contribution in [1.82, 2.24) is 5.32 Å². The summed E-state index contributed by atoms with van der Waals surface area (Å²) < 4.78 is 44.1. The molecule has 0 radical (unpaired) electrons. The third kappa shape index (κ3) is 4.34. The summed E-state index contributed by atoms with van der Waals surface area (Å²) >= 11 is 0. The first-order valence-corrected chi connectivity index (χ1v) is 7.08. The van der Waals surface area contributed by atoms with Gasteiger partial charge in [-0.2, -0.15) is 13.2 Å². The predicted molar refractivity (Wildman–Crippen MR) is 77.0 cm³/mol. The second-order valence-corrected chi connectivity index (χ2v) is 5.35. The number of hydrogen-bond acceptors (Lipinski definition) is 2. The molecular formula is C16H18F3NO2. The maximum atomic E-state index is 13.0. The number of hydrogen-bond donors (Lipinski definition) is 1. The van der Waals surface area contributed by atoms with Crippen LogP contribution in [0.15, 0.2) is 30.3 Å². The van der Waals surface area contributed by atoms with Crippen molar-refractivity contribution in [2.24, 2.45) is 5.92 Å². The molecule has 3 nitrogen and oxygen atoms in total. The fourth-order valence-corrected chi connectivity index (χ4v) is 2.39. The molecule has 0 bridgehead atoms. The Bertz CT molecular complexity index is 561. The molecule has 0 aliphatic carbocycles. The Hall–Kier alpha value is -1.82. The van der Waals surface area contributed by atoms with Gasteiger partial charge in [0.15, 0.2) is 0 Å². The number of ether oxygens (including phenoxy) is 1. The van der Waals surface area contributed by atoms with E-state index in [-0.39, 0.29) is 23.0 Å². The van der Waals surface area contributed by atoms with Gasteiger partial charge in [0, 0.05) is 25.1 Å². The van der Waals surface area contributed by atoms with E-state index in [9.17, 15) is 18.0 Å². The van der Waals surface area contributed by atoms with Crippen LogP contribution in [-0.4, -0.2) is 25.7 Å². The van der Waals surface area contributed by atoms with E-state index in [1.807, 2.05) is 0 Å². The van der Waals surface area contributed by atoms with E-state index < -0.39 is 11.7 Å². The zero-order chi connectivity index (χ0) is 16.2. The number of carbonyl (C=O) groups excluding carboxylic acids is 1. The topological polar surface area (TPSA) is 38.3 Å². The normalized spacial score (nSPS) is 19.3. The number of allylic oxidation sites excluding steroid dienone is 1. The van der Waals surface area contributed by atoms with E-state index in [4.69, 9.17) is 4.74 Å². The van der Waals surface area contributed by atoms with Gasteiger partial charge in [-0.3, -0.25) is 4.79 Å². The smallest absolute Gasteiger partial charge is 0.381 e. The maximum absolute atomic E-state index is 13.0. The Balaban J connectivity index is 2.06. The van der Waals surface area contributed by atoms with Gasteiger partial charge >= 0.3 is 6.18 Å². The SMILES string of the molecule is C/C(=C/C(=O)NC[C@H]1CCOC1)c1ccccc1C(F)(F)F. The highest BCUT2D eigenvalue weighted by molar-refractivity contribution is 5.95. The van der Waals surface area contributed by atoms with Gasteiger partial charge in [0.2, 0.25) is 5.91 Å². The number of halogens is 3. The molecule has 1 aliphatic heterocycles. The lowest BCUT2D eigenvalue weighted by Gasteiger charge is -2.13. The number of carbonyl (C=O) groups is 1. The van der Waals surface area contributed by atoms with Crippen LogP contribution < -0.4 is 5.32 Å². The second-order valence-electron chi connectivity index (χ2n) is 5.35. The molecule has 1 atom stereocenters. The van der Waals surface area contributed by atoms with Crippen molar-refractivity contribution in [3.05, 3.63) is 41.5 Å². The van der Waals surface area contributed by atoms with Gasteiger partial charge in [0.25, 0.3) is 0 Å². The summed E-state index contributed by atoms with van der Waals surface area (Å²) in [6.45, 7) is 3.28. The zero-order valence-corrected chi connectivity index (χ0v) is 12.2. The molecule has 1 amide bonds. The average Bonchev–Trinajstić information content (AvgIpc) is 2.97. The van der Waals surface area contributed by atoms with Crippen molar-refractivity contribution in [2.75, 3.05) is 19.8 Å². The van der Waals surface area contributed by atoms with E-state index in [0.717, 1.165) is 12.5 Å². The Kier molecular flexibility index (Phi) is 5.24. The molecule has 0 spiro atoms. The third-order valence-electron chi connectivity index (χ3n) is 3.59. The highest BCUT2D eigenvalue weighted by Crippen LogP contribution is 2.34. The molecule has 1 fully saturated rings. The van der Waals surface area contributed by atoms with Gasteiger partial charge in [-0.25, -0.2) is 0 Å². The number of rotatable bonds is 4. The number of benzene rings is 1. The van der Waals surface area contributed by atoms with Gasteiger partial charge in [0.05, 0.1) is 12.2 Å². The van der Waals surface area contributed by atoms with E-state index in [2.05, 4.69) is 5.32 Å². The summed E-state index contributed by atoms with van der Waals surface area (Å²) in [4.78, 5) is 11.8. The summed E-state index contributed by atoms with van der Waals surface area (Å²) in [6.07, 6.45) is -2.34. The van der Waals surface area contributed by atoms with Gasteiger partial charge < -0.3 is 10.1 Å². The van der Waals surface area contributed by atoms with Crippen LogP contribution in [0.3, 0.4) is 0 Å². The first-order valence-electron chi connectivity index (χ1n) is 7.08.